The van der Waals surface area contributed by atoms with Crippen molar-refractivity contribution >= 4 is 6.29 Å². The highest BCUT2D eigenvalue weighted by Crippen LogP contribution is 2.46. The molecule has 0 aromatic carbocycles. The number of carbonyl (C=O) groups is 1. The second kappa shape index (κ2) is 3.41. The van der Waals surface area contributed by atoms with Crippen LogP contribution in [-0.2, 0) is 9.53 Å². The van der Waals surface area contributed by atoms with Crippen molar-refractivity contribution in [2.75, 3.05) is 0 Å². The molecule has 3 atom stereocenters. The van der Waals surface area contributed by atoms with E-state index in [1.165, 1.54) is 25.7 Å². The molecular formula is C11H18O2. The van der Waals surface area contributed by atoms with Crippen LogP contribution in [0.3, 0.4) is 0 Å². The molecule has 0 aromatic heterocycles. The zero-order valence-corrected chi connectivity index (χ0v) is 8.29. The summed E-state index contributed by atoms with van der Waals surface area (Å²) in [5.74, 6) is 0.838. The molecule has 2 aliphatic rings. The van der Waals surface area contributed by atoms with Crippen LogP contribution < -0.4 is 0 Å². The normalized spacial score (nSPS) is 44.4. The first kappa shape index (κ1) is 9.20. The zero-order valence-electron chi connectivity index (χ0n) is 8.29. The van der Waals surface area contributed by atoms with E-state index in [0.29, 0.717) is 0 Å². The molecular weight excluding hydrogens is 164 g/mol. The first-order chi connectivity index (χ1) is 6.28. The molecule has 1 saturated carbocycles. The minimum atomic E-state index is -0.101. The molecule has 0 amide bonds. The lowest BCUT2D eigenvalue weighted by Gasteiger charge is -2.23. The van der Waals surface area contributed by atoms with E-state index in [-0.39, 0.29) is 11.7 Å². The third-order valence-corrected chi connectivity index (χ3v) is 3.68. The number of aldehydes is 1. The largest absolute Gasteiger partial charge is 0.364 e. The van der Waals surface area contributed by atoms with Gasteiger partial charge in [-0.05, 0) is 38.0 Å². The molecule has 13 heavy (non-hydrogen) atoms. The molecule has 0 bridgehead atoms. The van der Waals surface area contributed by atoms with Crippen molar-refractivity contribution in [3.63, 3.8) is 0 Å². The van der Waals surface area contributed by atoms with E-state index in [1.807, 2.05) is 0 Å². The molecule has 1 saturated heterocycles. The van der Waals surface area contributed by atoms with Crippen molar-refractivity contribution in [1.29, 1.82) is 0 Å². The van der Waals surface area contributed by atoms with Gasteiger partial charge in [0.2, 0.25) is 0 Å². The standard InChI is InChI=1S/C11H18O2/c1-2-9-3-5-11(7-9)6-4-10(8-12)13-11/h8-10H,2-7H2,1H3. The highest BCUT2D eigenvalue weighted by atomic mass is 16.5. The SMILES string of the molecule is CCC1CCC2(CCC(C=O)O2)C1. The Kier molecular flexibility index (Phi) is 2.41. The highest BCUT2D eigenvalue weighted by molar-refractivity contribution is 5.56. The highest BCUT2D eigenvalue weighted by Gasteiger charge is 2.45. The number of rotatable bonds is 2. The van der Waals surface area contributed by atoms with Gasteiger partial charge in [-0.3, -0.25) is 0 Å². The van der Waals surface area contributed by atoms with Crippen LogP contribution in [-0.4, -0.2) is 18.0 Å². The fourth-order valence-electron chi connectivity index (χ4n) is 2.82. The molecule has 74 valence electrons. The Hall–Kier alpha value is -0.370. The lowest BCUT2D eigenvalue weighted by Crippen LogP contribution is -2.26. The Morgan fingerprint density at radius 1 is 1.46 bits per heavy atom. The summed E-state index contributed by atoms with van der Waals surface area (Å²) in [7, 11) is 0. The first-order valence-electron chi connectivity index (χ1n) is 5.41. The molecule has 1 heterocycles. The molecule has 2 rings (SSSR count). The summed E-state index contributed by atoms with van der Waals surface area (Å²) >= 11 is 0. The average molecular weight is 182 g/mol. The lowest BCUT2D eigenvalue weighted by atomic mass is 9.96. The molecule has 0 radical (unpaired) electrons. The molecule has 1 aliphatic heterocycles. The van der Waals surface area contributed by atoms with Gasteiger partial charge in [0.05, 0.1) is 5.60 Å². The number of hydrogen-bond acceptors (Lipinski definition) is 2. The Bertz CT molecular complexity index is 202. The van der Waals surface area contributed by atoms with Crippen LogP contribution in [0.15, 0.2) is 0 Å². The molecule has 1 spiro atoms. The summed E-state index contributed by atoms with van der Waals surface area (Å²) in [5.41, 5.74) is 0.103. The van der Waals surface area contributed by atoms with Crippen LogP contribution in [0.2, 0.25) is 0 Å². The van der Waals surface area contributed by atoms with Gasteiger partial charge in [0.15, 0.2) is 0 Å². The monoisotopic (exact) mass is 182 g/mol. The lowest BCUT2D eigenvalue weighted by molar-refractivity contribution is -0.122. The summed E-state index contributed by atoms with van der Waals surface area (Å²) < 4.78 is 5.82. The van der Waals surface area contributed by atoms with Crippen molar-refractivity contribution in [3.8, 4) is 0 Å². The fourth-order valence-corrected chi connectivity index (χ4v) is 2.82. The summed E-state index contributed by atoms with van der Waals surface area (Å²) in [6.07, 6.45) is 7.83. The number of carbonyl (C=O) groups excluding carboxylic acids is 1. The first-order valence-corrected chi connectivity index (χ1v) is 5.41. The Balaban J connectivity index is 1.96. The molecule has 0 aromatic rings. The van der Waals surface area contributed by atoms with Crippen LogP contribution in [0.25, 0.3) is 0 Å². The predicted molar refractivity (Wildman–Crippen MR) is 50.5 cm³/mol. The summed E-state index contributed by atoms with van der Waals surface area (Å²) in [5, 5.41) is 0. The van der Waals surface area contributed by atoms with Gasteiger partial charge in [-0.2, -0.15) is 0 Å². The van der Waals surface area contributed by atoms with E-state index < -0.39 is 0 Å². The quantitative estimate of drug-likeness (QED) is 0.612. The van der Waals surface area contributed by atoms with Gasteiger partial charge in [-0.1, -0.05) is 13.3 Å². The van der Waals surface area contributed by atoms with Crippen LogP contribution >= 0.6 is 0 Å². The van der Waals surface area contributed by atoms with Crippen molar-refractivity contribution in [3.05, 3.63) is 0 Å². The van der Waals surface area contributed by atoms with Crippen LogP contribution in [0.5, 0.6) is 0 Å². The van der Waals surface area contributed by atoms with E-state index in [2.05, 4.69) is 6.92 Å². The van der Waals surface area contributed by atoms with Crippen molar-refractivity contribution in [2.45, 2.75) is 57.2 Å². The van der Waals surface area contributed by atoms with Gasteiger partial charge in [-0.15, -0.1) is 0 Å². The van der Waals surface area contributed by atoms with Gasteiger partial charge in [0.25, 0.3) is 0 Å². The summed E-state index contributed by atoms with van der Waals surface area (Å²) in [6.45, 7) is 2.25. The molecule has 0 N–H and O–H groups in total. The topological polar surface area (TPSA) is 26.3 Å². The molecule has 1 aliphatic carbocycles. The van der Waals surface area contributed by atoms with E-state index in [4.69, 9.17) is 4.74 Å². The zero-order chi connectivity index (χ0) is 9.31. The van der Waals surface area contributed by atoms with Gasteiger partial charge in [0, 0.05) is 0 Å². The van der Waals surface area contributed by atoms with Crippen molar-refractivity contribution in [1.82, 2.24) is 0 Å². The Morgan fingerprint density at radius 2 is 2.23 bits per heavy atom. The van der Waals surface area contributed by atoms with Crippen LogP contribution in [0.4, 0.5) is 0 Å². The van der Waals surface area contributed by atoms with Gasteiger partial charge < -0.3 is 9.53 Å². The fraction of sp³-hybridized carbons (Fsp3) is 0.909. The third-order valence-electron chi connectivity index (χ3n) is 3.68. The van der Waals surface area contributed by atoms with E-state index in [9.17, 15) is 4.79 Å². The minimum Gasteiger partial charge on any atom is -0.364 e. The molecule has 2 heteroatoms. The van der Waals surface area contributed by atoms with Gasteiger partial charge in [-0.25, -0.2) is 0 Å². The smallest absolute Gasteiger partial charge is 0.148 e. The Labute approximate surface area is 79.7 Å². The third kappa shape index (κ3) is 1.64. The van der Waals surface area contributed by atoms with Gasteiger partial charge in [0.1, 0.15) is 12.4 Å². The number of hydrogen-bond donors (Lipinski definition) is 0. The maximum atomic E-state index is 10.6. The second-order valence-electron chi connectivity index (χ2n) is 4.53. The molecule has 2 fully saturated rings. The van der Waals surface area contributed by atoms with Gasteiger partial charge >= 0.3 is 0 Å². The number of ether oxygens (including phenoxy) is 1. The maximum Gasteiger partial charge on any atom is 0.148 e. The van der Waals surface area contributed by atoms with E-state index in [0.717, 1.165) is 25.0 Å². The Morgan fingerprint density at radius 3 is 2.77 bits per heavy atom. The maximum absolute atomic E-state index is 10.6. The van der Waals surface area contributed by atoms with Crippen molar-refractivity contribution < 1.29 is 9.53 Å². The van der Waals surface area contributed by atoms with E-state index in [1.54, 1.807) is 0 Å². The van der Waals surface area contributed by atoms with Crippen LogP contribution in [0, 0.1) is 5.92 Å². The molecule has 3 unspecified atom stereocenters. The van der Waals surface area contributed by atoms with Crippen molar-refractivity contribution in [2.24, 2.45) is 5.92 Å². The second-order valence-corrected chi connectivity index (χ2v) is 4.53. The predicted octanol–water partition coefficient (Wildman–Crippen LogP) is 2.31. The summed E-state index contributed by atoms with van der Waals surface area (Å²) in [6, 6.07) is 0. The van der Waals surface area contributed by atoms with E-state index >= 15 is 0 Å². The summed E-state index contributed by atoms with van der Waals surface area (Å²) in [4.78, 5) is 10.6. The average Bonchev–Trinajstić information content (AvgIpc) is 2.74. The minimum absolute atomic E-state index is 0.101. The molecule has 2 nitrogen and oxygen atoms in total. The van der Waals surface area contributed by atoms with Crippen LogP contribution in [0.1, 0.15) is 45.4 Å².